The predicted octanol–water partition coefficient (Wildman–Crippen LogP) is 10.5. The highest BCUT2D eigenvalue weighted by Gasteiger charge is 2.14. The van der Waals surface area contributed by atoms with Gasteiger partial charge in [0.1, 0.15) is 0 Å². The van der Waals surface area contributed by atoms with Crippen LogP contribution >= 0.6 is 15.9 Å². The van der Waals surface area contributed by atoms with E-state index >= 15 is 0 Å². The molecule has 43 heavy (non-hydrogen) atoms. The van der Waals surface area contributed by atoms with Crippen molar-refractivity contribution in [3.05, 3.63) is 29.8 Å². The van der Waals surface area contributed by atoms with Crippen LogP contribution in [0, 0.1) is 6.92 Å². The molecule has 0 aliphatic carbocycles. The van der Waals surface area contributed by atoms with E-state index in [1.54, 1.807) is 12.1 Å². The summed E-state index contributed by atoms with van der Waals surface area (Å²) in [6.07, 6.45) is 28.3. The summed E-state index contributed by atoms with van der Waals surface area (Å²) in [5.41, 5.74) is 1.09. The quantitative estimate of drug-likeness (QED) is 0.0774. The van der Waals surface area contributed by atoms with E-state index in [4.69, 9.17) is 14.6 Å². The van der Waals surface area contributed by atoms with Gasteiger partial charge in [-0.15, -0.1) is 0 Å². The molecular formula is C36H65BrO5S. The van der Waals surface area contributed by atoms with E-state index in [-0.39, 0.29) is 12.0 Å². The maximum Gasteiger partial charge on any atom is 0.178 e. The minimum absolute atomic E-state index is 0.0515. The van der Waals surface area contributed by atoms with Crippen molar-refractivity contribution in [1.29, 1.82) is 0 Å². The zero-order valence-electron chi connectivity index (χ0n) is 27.6. The summed E-state index contributed by atoms with van der Waals surface area (Å²) in [5, 5.41) is 9.75. The molecule has 0 aromatic heterocycles. The van der Waals surface area contributed by atoms with Gasteiger partial charge in [0.25, 0.3) is 0 Å². The Hall–Kier alpha value is -0.470. The molecule has 1 aromatic rings. The van der Waals surface area contributed by atoms with Crippen LogP contribution in [0.2, 0.25) is 0 Å². The molecule has 1 aliphatic rings. The number of hydrogen-bond acceptors (Lipinski definition) is 5. The largest absolute Gasteiger partial charge is 0.396 e. The zero-order chi connectivity index (χ0) is 31.3. The molecule has 1 N–H and O–H groups in total. The van der Waals surface area contributed by atoms with Gasteiger partial charge in [-0.3, -0.25) is 0 Å². The fraction of sp³-hybridized carbons (Fsp3) is 0.833. The van der Waals surface area contributed by atoms with Gasteiger partial charge in [-0.2, -0.15) is 0 Å². The lowest BCUT2D eigenvalue weighted by molar-refractivity contribution is -0.162. The number of rotatable bonds is 26. The minimum Gasteiger partial charge on any atom is -0.396 e. The first kappa shape index (κ1) is 40.6. The average molecular weight is 690 g/mol. The van der Waals surface area contributed by atoms with Gasteiger partial charge in [-0.05, 0) is 64.0 Å². The smallest absolute Gasteiger partial charge is 0.178 e. The topological polar surface area (TPSA) is 72.8 Å². The van der Waals surface area contributed by atoms with E-state index in [2.05, 4.69) is 15.9 Å². The predicted molar refractivity (Wildman–Crippen MR) is 186 cm³/mol. The van der Waals surface area contributed by atoms with E-state index in [0.717, 1.165) is 62.6 Å². The molecule has 1 aliphatic heterocycles. The maximum atomic E-state index is 12.3. The van der Waals surface area contributed by atoms with Crippen LogP contribution in [0.25, 0.3) is 0 Å². The van der Waals surface area contributed by atoms with Crippen molar-refractivity contribution in [2.45, 2.75) is 166 Å². The lowest BCUT2D eigenvalue weighted by Crippen LogP contribution is -2.22. The van der Waals surface area contributed by atoms with Gasteiger partial charge in [0.15, 0.2) is 16.1 Å². The third-order valence-electron chi connectivity index (χ3n) is 8.17. The van der Waals surface area contributed by atoms with E-state index < -0.39 is 9.84 Å². The molecule has 0 bridgehead atoms. The Bertz CT molecular complexity index is 813. The molecule has 1 fully saturated rings. The van der Waals surface area contributed by atoms with Crippen LogP contribution in [0.1, 0.15) is 153 Å². The van der Waals surface area contributed by atoms with Gasteiger partial charge < -0.3 is 14.6 Å². The molecule has 252 valence electrons. The summed E-state index contributed by atoms with van der Waals surface area (Å²) in [4.78, 5) is 0.458. The van der Waals surface area contributed by atoms with Gasteiger partial charge in [0.05, 0.1) is 10.6 Å². The fourth-order valence-electron chi connectivity index (χ4n) is 5.35. The van der Waals surface area contributed by atoms with Gasteiger partial charge in [0, 0.05) is 25.2 Å². The van der Waals surface area contributed by atoms with Crippen LogP contribution in [0.5, 0.6) is 0 Å². The van der Waals surface area contributed by atoms with E-state index in [9.17, 15) is 8.42 Å². The molecule has 2 rings (SSSR count). The Morgan fingerprint density at radius 1 is 0.721 bits per heavy atom. The molecule has 0 radical (unpaired) electrons. The Morgan fingerprint density at radius 3 is 1.70 bits per heavy atom. The van der Waals surface area contributed by atoms with Crippen LogP contribution in [0.4, 0.5) is 0 Å². The highest BCUT2D eigenvalue weighted by Crippen LogP contribution is 2.17. The summed E-state index contributed by atoms with van der Waals surface area (Å²) in [6, 6.07) is 7.18. The molecule has 0 spiro atoms. The number of aryl methyl sites for hydroxylation is 1. The lowest BCUT2D eigenvalue weighted by atomic mass is 10.1. The number of aliphatic hydroxyl groups excluding tert-OH is 1. The second-order valence-electron chi connectivity index (χ2n) is 12.3. The van der Waals surface area contributed by atoms with Crippen LogP contribution < -0.4 is 0 Å². The number of sulfone groups is 1. The number of halogens is 1. The van der Waals surface area contributed by atoms with Crippen molar-refractivity contribution >= 4 is 25.8 Å². The standard InChI is InChI=1S/C24H40O4S.C12H25BrO/c1-22-15-17-23(18-16-22)29(25,26)21-13-9-7-5-3-2-4-6-8-11-19-27-24-14-10-12-20-28-24;13-11-9-7-5-3-1-2-4-6-8-10-12-14/h15-18,24H,2-14,19-21H2,1H3;14H,1-12H2. The summed E-state index contributed by atoms with van der Waals surface area (Å²) >= 11 is 3.45. The molecular weight excluding hydrogens is 624 g/mol. The first-order valence-corrected chi connectivity index (χ1v) is 20.5. The molecule has 0 amide bonds. The Labute approximate surface area is 274 Å². The molecule has 0 saturated carbocycles. The average Bonchev–Trinajstić information content (AvgIpc) is 3.01. The van der Waals surface area contributed by atoms with Gasteiger partial charge in [-0.25, -0.2) is 8.42 Å². The highest BCUT2D eigenvalue weighted by atomic mass is 79.9. The van der Waals surface area contributed by atoms with Crippen LogP contribution in [0.3, 0.4) is 0 Å². The second-order valence-corrected chi connectivity index (χ2v) is 15.2. The molecule has 1 aromatic carbocycles. The van der Waals surface area contributed by atoms with Crippen molar-refractivity contribution in [1.82, 2.24) is 0 Å². The molecule has 1 heterocycles. The fourth-order valence-corrected chi connectivity index (χ4v) is 7.12. The highest BCUT2D eigenvalue weighted by molar-refractivity contribution is 9.09. The van der Waals surface area contributed by atoms with Crippen LogP contribution in [0.15, 0.2) is 29.2 Å². The maximum absolute atomic E-state index is 12.3. The normalized spacial score (nSPS) is 15.3. The zero-order valence-corrected chi connectivity index (χ0v) is 30.0. The van der Waals surface area contributed by atoms with Crippen molar-refractivity contribution in [2.75, 3.05) is 30.9 Å². The van der Waals surface area contributed by atoms with Crippen molar-refractivity contribution in [3.8, 4) is 0 Å². The van der Waals surface area contributed by atoms with Crippen LogP contribution in [-0.4, -0.2) is 50.7 Å². The molecule has 7 heteroatoms. The van der Waals surface area contributed by atoms with E-state index in [1.807, 2.05) is 19.1 Å². The first-order valence-electron chi connectivity index (χ1n) is 17.7. The molecule has 5 nitrogen and oxygen atoms in total. The van der Waals surface area contributed by atoms with Crippen molar-refractivity contribution in [3.63, 3.8) is 0 Å². The Balaban J connectivity index is 0.000000557. The third-order valence-corrected chi connectivity index (χ3v) is 10.5. The van der Waals surface area contributed by atoms with Crippen LogP contribution in [-0.2, 0) is 19.3 Å². The Morgan fingerprint density at radius 2 is 1.21 bits per heavy atom. The van der Waals surface area contributed by atoms with Gasteiger partial charge in [-0.1, -0.05) is 136 Å². The number of ether oxygens (including phenoxy) is 2. The number of benzene rings is 1. The summed E-state index contributed by atoms with van der Waals surface area (Å²) in [7, 11) is -3.12. The number of aliphatic hydroxyl groups is 1. The molecule has 1 unspecified atom stereocenters. The number of hydrogen-bond donors (Lipinski definition) is 1. The van der Waals surface area contributed by atoms with Gasteiger partial charge in [0.2, 0.25) is 0 Å². The van der Waals surface area contributed by atoms with Crippen molar-refractivity contribution in [2.24, 2.45) is 0 Å². The Kier molecular flexibility index (Phi) is 27.3. The van der Waals surface area contributed by atoms with Gasteiger partial charge >= 0.3 is 0 Å². The molecule has 1 atom stereocenters. The number of unbranched alkanes of at least 4 members (excludes halogenated alkanes) is 18. The van der Waals surface area contributed by atoms with E-state index in [0.29, 0.717) is 11.5 Å². The second kappa shape index (κ2) is 29.0. The summed E-state index contributed by atoms with van der Waals surface area (Å²) < 4.78 is 35.9. The number of alkyl halides is 1. The molecule has 1 saturated heterocycles. The lowest BCUT2D eigenvalue weighted by Gasteiger charge is -2.22. The summed E-state index contributed by atoms with van der Waals surface area (Å²) in [6.45, 7) is 4.02. The minimum atomic E-state index is -3.12. The van der Waals surface area contributed by atoms with Crippen molar-refractivity contribution < 1.29 is 23.0 Å². The van der Waals surface area contributed by atoms with E-state index in [1.165, 1.54) is 109 Å². The first-order chi connectivity index (χ1) is 21.0. The monoisotopic (exact) mass is 688 g/mol. The summed E-state index contributed by atoms with van der Waals surface area (Å²) in [5.74, 6) is 0.268. The SMILES string of the molecule is Cc1ccc(S(=O)(=O)CCCCCCCCCCCCOC2CCCCO2)cc1.OCCCCCCCCCCCCBr. The third kappa shape index (κ3) is 24.4.